The number of aryl methyl sites for hydroxylation is 2. The lowest BCUT2D eigenvalue weighted by molar-refractivity contribution is 0.302. The molecule has 1 N–H and O–H groups in total. The first-order valence-electron chi connectivity index (χ1n) is 6.84. The van der Waals surface area contributed by atoms with Gasteiger partial charge in [0.15, 0.2) is 0 Å². The van der Waals surface area contributed by atoms with E-state index in [0.717, 1.165) is 16.9 Å². The minimum atomic E-state index is 0.298. The topological polar surface area (TPSA) is 51.0 Å². The molecule has 1 heterocycles. The molecule has 0 amide bonds. The van der Waals surface area contributed by atoms with E-state index in [9.17, 15) is 0 Å². The molecule has 2 aromatic rings. The Morgan fingerprint density at radius 3 is 2.76 bits per heavy atom. The standard InChI is InChI=1S/C17H17NO3/c1-11-3-4-13(7-12(11)2)9-20-14-5-6-15-16(18-19)10-21-17(15)8-14/h3-8,19H,9-10H2,1-2H3. The van der Waals surface area contributed by atoms with E-state index in [1.807, 2.05) is 18.2 Å². The summed E-state index contributed by atoms with van der Waals surface area (Å²) in [6.45, 7) is 5.00. The predicted molar refractivity (Wildman–Crippen MR) is 80.5 cm³/mol. The predicted octanol–water partition coefficient (Wildman–Crippen LogP) is 3.45. The molecule has 0 aromatic heterocycles. The van der Waals surface area contributed by atoms with E-state index in [1.165, 1.54) is 11.1 Å². The van der Waals surface area contributed by atoms with Crippen molar-refractivity contribution < 1.29 is 14.7 Å². The number of nitrogens with zero attached hydrogens (tertiary/aromatic N) is 1. The average Bonchev–Trinajstić information content (AvgIpc) is 2.90. The maximum Gasteiger partial charge on any atom is 0.134 e. The molecule has 0 bridgehead atoms. The quantitative estimate of drug-likeness (QED) is 0.693. The van der Waals surface area contributed by atoms with E-state index in [-0.39, 0.29) is 0 Å². The maximum absolute atomic E-state index is 8.86. The molecule has 1 aliphatic rings. The second kappa shape index (κ2) is 5.48. The highest BCUT2D eigenvalue weighted by molar-refractivity contribution is 6.06. The highest BCUT2D eigenvalue weighted by Gasteiger charge is 2.20. The minimum absolute atomic E-state index is 0.298. The Kier molecular flexibility index (Phi) is 3.52. The highest BCUT2D eigenvalue weighted by Crippen LogP contribution is 2.30. The van der Waals surface area contributed by atoms with Crippen molar-refractivity contribution >= 4 is 5.71 Å². The summed E-state index contributed by atoms with van der Waals surface area (Å²) in [7, 11) is 0. The molecule has 0 unspecified atom stereocenters. The molecule has 0 radical (unpaired) electrons. The lowest BCUT2D eigenvalue weighted by Crippen LogP contribution is -2.01. The molecule has 2 aromatic carbocycles. The number of oxime groups is 1. The van der Waals surface area contributed by atoms with Gasteiger partial charge in [-0.1, -0.05) is 23.4 Å². The summed E-state index contributed by atoms with van der Waals surface area (Å²) >= 11 is 0. The van der Waals surface area contributed by atoms with Crippen LogP contribution < -0.4 is 9.47 Å². The molecular formula is C17H17NO3. The SMILES string of the molecule is Cc1ccc(COc2ccc3c(c2)OCC3=NO)cc1C. The van der Waals surface area contributed by atoms with Gasteiger partial charge in [-0.25, -0.2) is 0 Å². The van der Waals surface area contributed by atoms with Gasteiger partial charge in [0, 0.05) is 11.6 Å². The first-order chi connectivity index (χ1) is 10.2. The van der Waals surface area contributed by atoms with Gasteiger partial charge in [0.1, 0.15) is 30.4 Å². The lowest BCUT2D eigenvalue weighted by atomic mass is 10.1. The van der Waals surface area contributed by atoms with Gasteiger partial charge in [0.05, 0.1) is 0 Å². The van der Waals surface area contributed by atoms with Crippen LogP contribution in [-0.4, -0.2) is 17.5 Å². The first-order valence-corrected chi connectivity index (χ1v) is 6.84. The summed E-state index contributed by atoms with van der Waals surface area (Å²) in [5.74, 6) is 1.44. The Morgan fingerprint density at radius 2 is 2.00 bits per heavy atom. The van der Waals surface area contributed by atoms with Crippen LogP contribution in [0.4, 0.5) is 0 Å². The molecule has 3 rings (SSSR count). The molecule has 0 spiro atoms. The van der Waals surface area contributed by atoms with E-state index in [0.29, 0.717) is 24.7 Å². The maximum atomic E-state index is 8.86. The van der Waals surface area contributed by atoms with Crippen LogP contribution in [0, 0.1) is 13.8 Å². The van der Waals surface area contributed by atoms with E-state index >= 15 is 0 Å². The third-order valence-electron chi connectivity index (χ3n) is 3.73. The van der Waals surface area contributed by atoms with Crippen LogP contribution in [0.3, 0.4) is 0 Å². The van der Waals surface area contributed by atoms with Crippen molar-refractivity contribution in [3.05, 3.63) is 58.7 Å². The van der Waals surface area contributed by atoms with Crippen molar-refractivity contribution in [3.63, 3.8) is 0 Å². The van der Waals surface area contributed by atoms with E-state index in [4.69, 9.17) is 14.7 Å². The van der Waals surface area contributed by atoms with E-state index in [1.54, 1.807) is 0 Å². The number of hydrogen-bond donors (Lipinski definition) is 1. The van der Waals surface area contributed by atoms with Gasteiger partial charge in [-0.2, -0.15) is 0 Å². The zero-order valence-corrected chi connectivity index (χ0v) is 12.1. The van der Waals surface area contributed by atoms with Gasteiger partial charge in [-0.3, -0.25) is 0 Å². The van der Waals surface area contributed by atoms with Gasteiger partial charge in [0.2, 0.25) is 0 Å². The van der Waals surface area contributed by atoms with Crippen molar-refractivity contribution in [2.45, 2.75) is 20.5 Å². The average molecular weight is 283 g/mol. The van der Waals surface area contributed by atoms with Gasteiger partial charge < -0.3 is 14.7 Å². The number of hydrogen-bond acceptors (Lipinski definition) is 4. The van der Waals surface area contributed by atoms with Gasteiger partial charge in [0.25, 0.3) is 0 Å². The van der Waals surface area contributed by atoms with Crippen molar-refractivity contribution in [3.8, 4) is 11.5 Å². The second-order valence-corrected chi connectivity index (χ2v) is 5.20. The first kappa shape index (κ1) is 13.5. The molecule has 0 saturated heterocycles. The molecule has 4 heteroatoms. The molecule has 21 heavy (non-hydrogen) atoms. The third-order valence-corrected chi connectivity index (χ3v) is 3.73. The summed E-state index contributed by atoms with van der Waals surface area (Å²) in [4.78, 5) is 0. The zero-order valence-electron chi connectivity index (χ0n) is 12.1. The molecule has 1 aliphatic heterocycles. The summed E-state index contributed by atoms with van der Waals surface area (Å²) < 4.78 is 11.3. The van der Waals surface area contributed by atoms with Crippen molar-refractivity contribution in [1.82, 2.24) is 0 Å². The number of ether oxygens (including phenoxy) is 2. The fourth-order valence-corrected chi connectivity index (χ4v) is 2.32. The van der Waals surface area contributed by atoms with Crippen molar-refractivity contribution in [2.24, 2.45) is 5.16 Å². The van der Waals surface area contributed by atoms with Gasteiger partial charge >= 0.3 is 0 Å². The van der Waals surface area contributed by atoms with E-state index < -0.39 is 0 Å². The van der Waals surface area contributed by atoms with Crippen LogP contribution in [-0.2, 0) is 6.61 Å². The highest BCUT2D eigenvalue weighted by atomic mass is 16.5. The van der Waals surface area contributed by atoms with Crippen molar-refractivity contribution in [1.29, 1.82) is 0 Å². The zero-order chi connectivity index (χ0) is 14.8. The molecule has 0 saturated carbocycles. The van der Waals surface area contributed by atoms with Crippen LogP contribution in [0.5, 0.6) is 11.5 Å². The molecule has 0 atom stereocenters. The minimum Gasteiger partial charge on any atom is -0.489 e. The number of benzene rings is 2. The smallest absolute Gasteiger partial charge is 0.134 e. The Hall–Kier alpha value is -2.49. The summed E-state index contributed by atoms with van der Waals surface area (Å²) in [5.41, 5.74) is 5.04. The lowest BCUT2D eigenvalue weighted by Gasteiger charge is -2.09. The largest absolute Gasteiger partial charge is 0.489 e. The molecule has 4 nitrogen and oxygen atoms in total. The van der Waals surface area contributed by atoms with Crippen LogP contribution >= 0.6 is 0 Å². The Balaban J connectivity index is 1.73. The molecular weight excluding hydrogens is 266 g/mol. The van der Waals surface area contributed by atoms with Crippen LogP contribution in [0.1, 0.15) is 22.3 Å². The Morgan fingerprint density at radius 1 is 1.14 bits per heavy atom. The third kappa shape index (κ3) is 2.70. The van der Waals surface area contributed by atoms with Crippen LogP contribution in [0.2, 0.25) is 0 Å². The molecule has 108 valence electrons. The van der Waals surface area contributed by atoms with Gasteiger partial charge in [-0.05, 0) is 42.7 Å². The fraction of sp³-hybridized carbons (Fsp3) is 0.235. The Bertz CT molecular complexity index is 707. The number of fused-ring (bicyclic) bond motifs is 1. The number of rotatable bonds is 3. The summed E-state index contributed by atoms with van der Waals surface area (Å²) in [6, 6.07) is 11.9. The summed E-state index contributed by atoms with van der Waals surface area (Å²) in [6.07, 6.45) is 0. The molecule has 0 aliphatic carbocycles. The van der Waals surface area contributed by atoms with E-state index in [2.05, 4.69) is 37.2 Å². The Labute approximate surface area is 123 Å². The second-order valence-electron chi connectivity index (χ2n) is 5.20. The summed E-state index contributed by atoms with van der Waals surface area (Å²) in [5, 5.41) is 12.1. The normalized spacial score (nSPS) is 14.9. The van der Waals surface area contributed by atoms with Gasteiger partial charge in [-0.15, -0.1) is 0 Å². The monoisotopic (exact) mass is 283 g/mol. The van der Waals surface area contributed by atoms with Crippen LogP contribution in [0.25, 0.3) is 0 Å². The van der Waals surface area contributed by atoms with Crippen molar-refractivity contribution in [2.75, 3.05) is 6.61 Å². The fourth-order valence-electron chi connectivity index (χ4n) is 2.32. The molecule has 0 fully saturated rings. The van der Waals surface area contributed by atoms with Crippen LogP contribution in [0.15, 0.2) is 41.6 Å².